The lowest BCUT2D eigenvalue weighted by Crippen LogP contribution is -2.41. The number of carbonyl (C=O) groups is 3. The summed E-state index contributed by atoms with van der Waals surface area (Å²) in [6, 6.07) is 4.55. The van der Waals surface area contributed by atoms with Crippen LogP contribution in [0, 0.1) is 5.92 Å². The van der Waals surface area contributed by atoms with Crippen LogP contribution in [0.25, 0.3) is 0 Å². The van der Waals surface area contributed by atoms with Crippen LogP contribution in [-0.4, -0.2) is 30.3 Å². The van der Waals surface area contributed by atoms with Gasteiger partial charge in [-0.1, -0.05) is 38.8 Å². The number of anilines is 2. The highest BCUT2D eigenvalue weighted by Crippen LogP contribution is 2.37. The number of carbonyl (C=O) groups excluding carboxylic acids is 3. The zero-order chi connectivity index (χ0) is 21.8. The monoisotopic (exact) mass is 431 g/mol. The average molecular weight is 432 g/mol. The second-order valence-electron chi connectivity index (χ2n) is 8.14. The van der Waals surface area contributed by atoms with Gasteiger partial charge in [0.25, 0.3) is 11.8 Å². The number of nitrogens with zero attached hydrogens (tertiary/aromatic N) is 1. The second-order valence-corrected chi connectivity index (χ2v) is 8.55. The highest BCUT2D eigenvalue weighted by atomic mass is 35.5. The molecule has 0 aromatic heterocycles. The summed E-state index contributed by atoms with van der Waals surface area (Å²) < 4.78 is 0. The summed E-state index contributed by atoms with van der Waals surface area (Å²) in [5.41, 5.74) is 2.30. The van der Waals surface area contributed by atoms with Crippen molar-refractivity contribution in [2.45, 2.75) is 65.3 Å². The SMILES string of the molecule is CCC(C)CNC(=O)C(CC)Nc1cc(N2C(=O)C3=C(CCCC3)C2=O)ccc1Cl. The molecule has 0 saturated carbocycles. The molecule has 2 unspecified atom stereocenters. The molecule has 1 heterocycles. The van der Waals surface area contributed by atoms with E-state index < -0.39 is 6.04 Å². The number of hydrogen-bond donors (Lipinski definition) is 2. The lowest BCUT2D eigenvalue weighted by atomic mass is 9.93. The quantitative estimate of drug-likeness (QED) is 0.596. The lowest BCUT2D eigenvalue weighted by molar-refractivity contribution is -0.122. The molecule has 30 heavy (non-hydrogen) atoms. The number of hydrogen-bond acceptors (Lipinski definition) is 4. The van der Waals surface area contributed by atoms with Crippen molar-refractivity contribution in [1.82, 2.24) is 5.32 Å². The number of imide groups is 1. The zero-order valence-corrected chi connectivity index (χ0v) is 18.6. The Hall–Kier alpha value is -2.34. The zero-order valence-electron chi connectivity index (χ0n) is 17.9. The van der Waals surface area contributed by atoms with E-state index in [-0.39, 0.29) is 17.7 Å². The molecule has 7 heteroatoms. The van der Waals surface area contributed by atoms with E-state index in [9.17, 15) is 14.4 Å². The summed E-state index contributed by atoms with van der Waals surface area (Å²) in [5.74, 6) is -0.156. The van der Waals surface area contributed by atoms with Gasteiger partial charge in [-0.3, -0.25) is 14.4 Å². The Morgan fingerprint density at radius 2 is 1.73 bits per heavy atom. The van der Waals surface area contributed by atoms with Gasteiger partial charge in [0.2, 0.25) is 5.91 Å². The third-order valence-corrected chi connectivity index (χ3v) is 6.30. The molecule has 0 fully saturated rings. The molecule has 0 spiro atoms. The van der Waals surface area contributed by atoms with Crippen molar-refractivity contribution in [3.8, 4) is 0 Å². The van der Waals surface area contributed by atoms with Crippen LogP contribution in [0.4, 0.5) is 11.4 Å². The number of rotatable bonds is 8. The first-order chi connectivity index (χ1) is 14.4. The summed E-state index contributed by atoms with van der Waals surface area (Å²) in [6.07, 6.45) is 4.75. The van der Waals surface area contributed by atoms with Crippen LogP contribution < -0.4 is 15.5 Å². The molecule has 3 rings (SSSR count). The molecule has 0 bridgehead atoms. The van der Waals surface area contributed by atoms with Crippen LogP contribution in [0.5, 0.6) is 0 Å². The van der Waals surface area contributed by atoms with E-state index >= 15 is 0 Å². The molecule has 2 N–H and O–H groups in total. The summed E-state index contributed by atoms with van der Waals surface area (Å²) in [4.78, 5) is 39.5. The van der Waals surface area contributed by atoms with Crippen molar-refractivity contribution >= 4 is 40.7 Å². The van der Waals surface area contributed by atoms with Crippen molar-refractivity contribution in [1.29, 1.82) is 0 Å². The van der Waals surface area contributed by atoms with Gasteiger partial charge >= 0.3 is 0 Å². The Balaban J connectivity index is 1.78. The highest BCUT2D eigenvalue weighted by molar-refractivity contribution is 6.35. The molecule has 1 aromatic rings. The van der Waals surface area contributed by atoms with Gasteiger partial charge in [-0.05, 0) is 56.2 Å². The van der Waals surface area contributed by atoms with Gasteiger partial charge in [0, 0.05) is 17.7 Å². The normalized spacial score (nSPS) is 18.3. The van der Waals surface area contributed by atoms with Crippen LogP contribution in [0.2, 0.25) is 5.02 Å². The molecule has 0 radical (unpaired) electrons. The van der Waals surface area contributed by atoms with Gasteiger partial charge in [-0.15, -0.1) is 0 Å². The first kappa shape index (κ1) is 22.3. The van der Waals surface area contributed by atoms with Gasteiger partial charge in [0.05, 0.1) is 16.4 Å². The Kier molecular flexibility index (Phi) is 7.19. The van der Waals surface area contributed by atoms with Crippen molar-refractivity contribution < 1.29 is 14.4 Å². The highest BCUT2D eigenvalue weighted by Gasteiger charge is 2.39. The van der Waals surface area contributed by atoms with Crippen LogP contribution in [0.15, 0.2) is 29.3 Å². The van der Waals surface area contributed by atoms with E-state index in [0.29, 0.717) is 59.3 Å². The van der Waals surface area contributed by atoms with E-state index in [0.717, 1.165) is 19.3 Å². The van der Waals surface area contributed by atoms with Gasteiger partial charge in [-0.25, -0.2) is 4.90 Å². The molecule has 2 atom stereocenters. The molecule has 1 aromatic carbocycles. The number of amides is 3. The smallest absolute Gasteiger partial charge is 0.261 e. The maximum atomic E-state index is 12.8. The van der Waals surface area contributed by atoms with Crippen LogP contribution >= 0.6 is 11.6 Å². The Morgan fingerprint density at radius 3 is 2.30 bits per heavy atom. The largest absolute Gasteiger partial charge is 0.372 e. The minimum absolute atomic E-state index is 0.0928. The fourth-order valence-corrected chi connectivity index (χ4v) is 3.99. The first-order valence-electron chi connectivity index (χ1n) is 10.8. The van der Waals surface area contributed by atoms with Crippen LogP contribution in [-0.2, 0) is 14.4 Å². The van der Waals surface area contributed by atoms with Crippen LogP contribution in [0.1, 0.15) is 59.3 Å². The molecule has 6 nitrogen and oxygen atoms in total. The summed E-state index contributed by atoms with van der Waals surface area (Å²) in [7, 11) is 0. The average Bonchev–Trinajstić information content (AvgIpc) is 3.01. The number of halogens is 1. The molecule has 162 valence electrons. The third kappa shape index (κ3) is 4.53. The maximum Gasteiger partial charge on any atom is 0.261 e. The Morgan fingerprint density at radius 1 is 1.10 bits per heavy atom. The standard InChI is InChI=1S/C23H30ClN3O3/c1-4-14(3)13-25-21(28)19(5-2)26-20-12-15(10-11-18(20)24)27-22(29)16-8-6-7-9-17(16)23(27)30/h10-12,14,19,26H,4-9,13H2,1-3H3,(H,25,28). The number of nitrogens with one attached hydrogen (secondary N) is 2. The predicted molar refractivity (Wildman–Crippen MR) is 120 cm³/mol. The van der Waals surface area contributed by atoms with E-state index in [1.807, 2.05) is 6.92 Å². The molecular weight excluding hydrogens is 402 g/mol. The molecule has 3 amide bonds. The lowest BCUT2D eigenvalue weighted by Gasteiger charge is -2.22. The topological polar surface area (TPSA) is 78.5 Å². The van der Waals surface area contributed by atoms with Crippen molar-refractivity contribution in [3.63, 3.8) is 0 Å². The minimum atomic E-state index is -0.460. The summed E-state index contributed by atoms with van der Waals surface area (Å²) >= 11 is 6.36. The van der Waals surface area contributed by atoms with E-state index in [1.165, 1.54) is 4.90 Å². The van der Waals surface area contributed by atoms with E-state index in [1.54, 1.807) is 18.2 Å². The molecule has 1 aliphatic heterocycles. The van der Waals surface area contributed by atoms with Gasteiger partial charge < -0.3 is 10.6 Å². The van der Waals surface area contributed by atoms with Crippen molar-refractivity contribution in [2.24, 2.45) is 5.92 Å². The number of benzene rings is 1. The van der Waals surface area contributed by atoms with E-state index in [4.69, 9.17) is 11.6 Å². The molecule has 0 saturated heterocycles. The second kappa shape index (κ2) is 9.65. The predicted octanol–water partition coefficient (Wildman–Crippen LogP) is 4.44. The van der Waals surface area contributed by atoms with Gasteiger partial charge in [0.1, 0.15) is 6.04 Å². The van der Waals surface area contributed by atoms with Crippen molar-refractivity contribution in [3.05, 3.63) is 34.4 Å². The summed E-state index contributed by atoms with van der Waals surface area (Å²) in [6.45, 7) is 6.72. The fourth-order valence-electron chi connectivity index (χ4n) is 3.82. The Labute approximate surface area is 183 Å². The first-order valence-corrected chi connectivity index (χ1v) is 11.2. The minimum Gasteiger partial charge on any atom is -0.372 e. The molecular formula is C23H30ClN3O3. The Bertz CT molecular complexity index is 852. The maximum absolute atomic E-state index is 12.8. The molecule has 2 aliphatic rings. The van der Waals surface area contributed by atoms with E-state index in [2.05, 4.69) is 24.5 Å². The van der Waals surface area contributed by atoms with Crippen molar-refractivity contribution in [2.75, 3.05) is 16.8 Å². The van der Waals surface area contributed by atoms with Gasteiger partial charge in [-0.2, -0.15) is 0 Å². The van der Waals surface area contributed by atoms with Gasteiger partial charge in [0.15, 0.2) is 0 Å². The van der Waals surface area contributed by atoms with Crippen LogP contribution in [0.3, 0.4) is 0 Å². The summed E-state index contributed by atoms with van der Waals surface area (Å²) in [5, 5.41) is 6.59. The molecule has 1 aliphatic carbocycles. The third-order valence-electron chi connectivity index (χ3n) is 5.97. The fraction of sp³-hybridized carbons (Fsp3) is 0.522.